The van der Waals surface area contributed by atoms with E-state index in [1.165, 1.54) is 22.1 Å². The van der Waals surface area contributed by atoms with Gasteiger partial charge in [-0.15, -0.1) is 9.73 Å². The lowest BCUT2D eigenvalue weighted by Crippen LogP contribution is -2.38. The van der Waals surface area contributed by atoms with Crippen molar-refractivity contribution in [3.63, 3.8) is 0 Å². The molecule has 0 saturated carbocycles. The zero-order chi connectivity index (χ0) is 29.3. The molecule has 1 aliphatic rings. The maximum absolute atomic E-state index is 9.55. The average molecular weight is 562 g/mol. The van der Waals surface area contributed by atoms with Gasteiger partial charge in [0.2, 0.25) is 0 Å². The number of rotatable bonds is 9. The van der Waals surface area contributed by atoms with E-state index in [0.717, 1.165) is 44.5 Å². The third-order valence-corrected chi connectivity index (χ3v) is 6.13. The summed E-state index contributed by atoms with van der Waals surface area (Å²) in [7, 11) is 0. The van der Waals surface area contributed by atoms with Crippen LogP contribution in [0.15, 0.2) is 97.5 Å². The van der Waals surface area contributed by atoms with Crippen LogP contribution in [0.25, 0.3) is 5.65 Å². The van der Waals surface area contributed by atoms with E-state index in [0.29, 0.717) is 18.3 Å². The molecule has 0 aliphatic carbocycles. The van der Waals surface area contributed by atoms with Gasteiger partial charge in [0.25, 0.3) is 0 Å². The van der Waals surface area contributed by atoms with E-state index < -0.39 is 11.9 Å². The summed E-state index contributed by atoms with van der Waals surface area (Å²) in [6.45, 7) is 3.38. The fourth-order valence-electron chi connectivity index (χ4n) is 4.18. The molecular formula is C30H35N5O6. The fraction of sp³-hybridized carbons (Fsp3) is 0.300. The summed E-state index contributed by atoms with van der Waals surface area (Å²) in [6.07, 6.45) is 7.53. The van der Waals surface area contributed by atoms with Crippen molar-refractivity contribution < 1.29 is 29.6 Å². The van der Waals surface area contributed by atoms with Gasteiger partial charge in [0, 0.05) is 44.6 Å². The molecule has 216 valence electrons. The van der Waals surface area contributed by atoms with Crippen molar-refractivity contribution in [2.75, 3.05) is 26.2 Å². The van der Waals surface area contributed by atoms with Gasteiger partial charge >= 0.3 is 11.9 Å². The van der Waals surface area contributed by atoms with E-state index >= 15 is 0 Å². The summed E-state index contributed by atoms with van der Waals surface area (Å²) in [5.74, 6) is -2.51. The van der Waals surface area contributed by atoms with Gasteiger partial charge in [0.1, 0.15) is 12.4 Å². The van der Waals surface area contributed by atoms with Crippen molar-refractivity contribution in [3.8, 4) is 0 Å². The van der Waals surface area contributed by atoms with Gasteiger partial charge in [0.05, 0.1) is 6.10 Å². The first-order chi connectivity index (χ1) is 20.0. The Morgan fingerprint density at radius 1 is 0.878 bits per heavy atom. The Hall–Kier alpha value is -4.45. The van der Waals surface area contributed by atoms with E-state index in [9.17, 15) is 9.59 Å². The number of aliphatic carboxylic acids is 2. The normalized spacial score (nSPS) is 13.8. The number of carboxylic acids is 2. The lowest BCUT2D eigenvalue weighted by atomic mass is 10.00. The van der Waals surface area contributed by atoms with Gasteiger partial charge in [0.15, 0.2) is 5.65 Å². The molecule has 3 N–H and O–H groups in total. The number of ether oxygens (including phenoxy) is 1. The highest BCUT2D eigenvalue weighted by Crippen LogP contribution is 2.29. The lowest BCUT2D eigenvalue weighted by Gasteiger charge is -2.34. The number of benzene rings is 2. The quantitative estimate of drug-likeness (QED) is 0.259. The number of carboxylic acid groups (broad SMARTS) is 2. The summed E-state index contributed by atoms with van der Waals surface area (Å²) in [6, 6.07) is 24.7. The van der Waals surface area contributed by atoms with Crippen molar-refractivity contribution >= 4 is 17.6 Å². The second-order valence-corrected chi connectivity index (χ2v) is 9.10. The van der Waals surface area contributed by atoms with Crippen LogP contribution in [0.5, 0.6) is 0 Å². The number of hydrogen-bond acceptors (Lipinski definition) is 8. The predicted molar refractivity (Wildman–Crippen MR) is 152 cm³/mol. The molecule has 0 bridgehead atoms. The Kier molecular flexibility index (Phi) is 13.1. The highest BCUT2D eigenvalue weighted by molar-refractivity contribution is 5.89. The number of piperidine rings is 1. The van der Waals surface area contributed by atoms with Crippen molar-refractivity contribution in [2.24, 2.45) is 0 Å². The molecule has 2 aromatic heterocycles. The third kappa shape index (κ3) is 11.3. The minimum absolute atomic E-state index is 0.00129. The minimum atomic E-state index is -1.26. The highest BCUT2D eigenvalue weighted by Gasteiger charge is 2.24. The average Bonchev–Trinajstić information content (AvgIpc) is 3.49. The second kappa shape index (κ2) is 17.3. The van der Waals surface area contributed by atoms with Crippen LogP contribution in [0.1, 0.15) is 36.5 Å². The number of carbonyl (C=O) groups is 2. The molecule has 41 heavy (non-hydrogen) atoms. The van der Waals surface area contributed by atoms with E-state index in [4.69, 9.17) is 20.1 Å². The molecule has 2 aromatic carbocycles. The Balaban J connectivity index is 0.000000221. The first kappa shape index (κ1) is 31.1. The molecule has 1 aliphatic heterocycles. The SMILES string of the molecule is O=C(O)/C=C/C(=O)O.OCCCN1CCC(OC(c2ccccc2)c2ccccc2)CC1.c1cnn2ncnc2c1. The summed E-state index contributed by atoms with van der Waals surface area (Å²) >= 11 is 0. The summed E-state index contributed by atoms with van der Waals surface area (Å²) in [5, 5.41) is 32.3. The van der Waals surface area contributed by atoms with Crippen LogP contribution in [0.3, 0.4) is 0 Å². The lowest BCUT2D eigenvalue weighted by molar-refractivity contribution is -0.134. The molecular weight excluding hydrogens is 526 g/mol. The van der Waals surface area contributed by atoms with Crippen LogP contribution < -0.4 is 0 Å². The summed E-state index contributed by atoms with van der Waals surface area (Å²) < 4.78 is 8.01. The molecule has 0 spiro atoms. The number of aliphatic hydroxyl groups excluding tert-OH is 1. The zero-order valence-electron chi connectivity index (χ0n) is 22.6. The third-order valence-electron chi connectivity index (χ3n) is 6.13. The highest BCUT2D eigenvalue weighted by atomic mass is 16.5. The van der Waals surface area contributed by atoms with Gasteiger partial charge in [-0.1, -0.05) is 60.7 Å². The van der Waals surface area contributed by atoms with Crippen LogP contribution in [0.2, 0.25) is 0 Å². The smallest absolute Gasteiger partial charge is 0.328 e. The van der Waals surface area contributed by atoms with Gasteiger partial charge in [-0.2, -0.15) is 5.10 Å². The van der Waals surface area contributed by atoms with Crippen molar-refractivity contribution in [1.29, 1.82) is 0 Å². The number of fused-ring (bicyclic) bond motifs is 1. The van der Waals surface area contributed by atoms with Crippen molar-refractivity contribution in [2.45, 2.75) is 31.5 Å². The van der Waals surface area contributed by atoms with E-state index in [2.05, 4.69) is 68.6 Å². The molecule has 11 nitrogen and oxygen atoms in total. The minimum Gasteiger partial charge on any atom is -0.478 e. The van der Waals surface area contributed by atoms with Gasteiger partial charge in [-0.25, -0.2) is 14.6 Å². The topological polar surface area (TPSA) is 150 Å². The van der Waals surface area contributed by atoms with E-state index in [1.807, 2.05) is 24.3 Å². The molecule has 11 heteroatoms. The van der Waals surface area contributed by atoms with Crippen LogP contribution in [-0.4, -0.2) is 84.3 Å². The number of nitrogens with zero attached hydrogens (tertiary/aromatic N) is 5. The van der Waals surface area contributed by atoms with Gasteiger partial charge in [-0.3, -0.25) is 0 Å². The fourth-order valence-corrected chi connectivity index (χ4v) is 4.18. The van der Waals surface area contributed by atoms with Crippen LogP contribution in [0, 0.1) is 0 Å². The largest absolute Gasteiger partial charge is 0.478 e. The molecule has 4 aromatic rings. The van der Waals surface area contributed by atoms with Gasteiger partial charge in [-0.05, 0) is 42.5 Å². The first-order valence-electron chi connectivity index (χ1n) is 13.3. The summed E-state index contributed by atoms with van der Waals surface area (Å²) in [5.41, 5.74) is 3.20. The molecule has 0 amide bonds. The zero-order valence-corrected chi connectivity index (χ0v) is 22.6. The molecule has 5 rings (SSSR count). The molecule has 3 heterocycles. The number of hydrogen-bond donors (Lipinski definition) is 3. The maximum atomic E-state index is 9.55. The molecule has 1 fully saturated rings. The monoisotopic (exact) mass is 561 g/mol. The number of aliphatic hydroxyl groups is 1. The predicted octanol–water partition coefficient (Wildman–Crippen LogP) is 3.48. The molecule has 0 radical (unpaired) electrons. The van der Waals surface area contributed by atoms with Crippen LogP contribution >= 0.6 is 0 Å². The standard InChI is InChI=1S/C21H27NO2.C5H4N4.C4H4O4/c23-17-7-14-22-15-12-20(13-16-22)24-21(18-8-3-1-4-9-18)19-10-5-2-6-11-19;1-2-5-6-4-8-9(5)7-3-1;5-3(6)1-2-4(7)8/h1-6,8-11,20-21,23H,7,12-17H2;1-4H;1-2H,(H,5,6)(H,7,8)/b;;2-1+. The van der Waals surface area contributed by atoms with Gasteiger partial charge < -0.3 is 25.0 Å². The maximum Gasteiger partial charge on any atom is 0.328 e. The van der Waals surface area contributed by atoms with Crippen LogP contribution in [0.4, 0.5) is 0 Å². The first-order valence-corrected chi connectivity index (χ1v) is 13.3. The van der Waals surface area contributed by atoms with E-state index in [1.54, 1.807) is 6.20 Å². The Bertz CT molecular complexity index is 1260. The Morgan fingerprint density at radius 2 is 1.46 bits per heavy atom. The number of likely N-dealkylation sites (tertiary alicyclic amines) is 1. The Labute approximate surface area is 238 Å². The van der Waals surface area contributed by atoms with Crippen molar-refractivity contribution in [1.82, 2.24) is 24.7 Å². The molecule has 0 unspecified atom stereocenters. The number of aromatic nitrogens is 4. The van der Waals surface area contributed by atoms with Crippen molar-refractivity contribution in [3.05, 3.63) is 109 Å². The summed E-state index contributed by atoms with van der Waals surface area (Å²) in [4.78, 5) is 25.4. The molecule has 1 saturated heterocycles. The molecule has 0 atom stereocenters. The van der Waals surface area contributed by atoms with Crippen LogP contribution in [-0.2, 0) is 14.3 Å². The Morgan fingerprint density at radius 3 is 1.98 bits per heavy atom. The second-order valence-electron chi connectivity index (χ2n) is 9.10. The van der Waals surface area contributed by atoms with E-state index in [-0.39, 0.29) is 12.7 Å².